The van der Waals surface area contributed by atoms with E-state index >= 15 is 0 Å². The van der Waals surface area contributed by atoms with Crippen molar-refractivity contribution in [2.24, 2.45) is 17.6 Å². The van der Waals surface area contributed by atoms with E-state index in [9.17, 15) is 4.79 Å². The Hall–Kier alpha value is -0.320. The summed E-state index contributed by atoms with van der Waals surface area (Å²) in [6, 6.07) is 0.248. The van der Waals surface area contributed by atoms with E-state index in [1.807, 2.05) is 4.90 Å². The second-order valence-corrected chi connectivity index (χ2v) is 6.92. The number of carbonyl (C=O) groups is 1. The number of rotatable bonds is 5. The van der Waals surface area contributed by atoms with Crippen LogP contribution < -0.4 is 5.73 Å². The lowest BCUT2D eigenvalue weighted by molar-refractivity contribution is -0.135. The van der Waals surface area contributed by atoms with Gasteiger partial charge in [-0.15, -0.1) is 12.4 Å². The molecule has 21 heavy (non-hydrogen) atoms. The molecule has 0 radical (unpaired) electrons. The molecule has 0 aromatic rings. The molecule has 4 nitrogen and oxygen atoms in total. The number of amides is 1. The second-order valence-electron chi connectivity index (χ2n) is 6.92. The van der Waals surface area contributed by atoms with Gasteiger partial charge in [-0.1, -0.05) is 6.42 Å². The van der Waals surface area contributed by atoms with Crippen LogP contribution in [-0.2, 0) is 9.53 Å². The average molecular weight is 317 g/mol. The van der Waals surface area contributed by atoms with Gasteiger partial charge < -0.3 is 15.4 Å². The molecule has 2 N–H and O–H groups in total. The minimum atomic E-state index is 0. The van der Waals surface area contributed by atoms with E-state index in [1.165, 1.54) is 19.3 Å². The number of likely N-dealkylation sites (tertiary alicyclic amines) is 1. The number of halogens is 1. The van der Waals surface area contributed by atoms with Crippen LogP contribution in [0.1, 0.15) is 51.4 Å². The van der Waals surface area contributed by atoms with E-state index in [1.54, 1.807) is 0 Å². The Bertz CT molecular complexity index is 341. The molecule has 0 aromatic heterocycles. The lowest BCUT2D eigenvalue weighted by Gasteiger charge is -2.33. The van der Waals surface area contributed by atoms with Gasteiger partial charge in [-0.3, -0.25) is 4.79 Å². The number of nitrogens with two attached hydrogens (primary N) is 1. The van der Waals surface area contributed by atoms with Gasteiger partial charge in [0.2, 0.25) is 5.91 Å². The maximum atomic E-state index is 12.3. The largest absolute Gasteiger partial charge is 0.378 e. The Balaban J connectivity index is 0.00000161. The van der Waals surface area contributed by atoms with Crippen molar-refractivity contribution in [2.75, 3.05) is 19.7 Å². The Kier molecular flexibility index (Phi) is 6.33. The van der Waals surface area contributed by atoms with Gasteiger partial charge in [-0.05, 0) is 50.4 Å². The molecular weight excluding hydrogens is 288 g/mol. The van der Waals surface area contributed by atoms with Gasteiger partial charge >= 0.3 is 0 Å². The zero-order valence-electron chi connectivity index (χ0n) is 12.8. The predicted octanol–water partition coefficient (Wildman–Crippen LogP) is 2.34. The summed E-state index contributed by atoms with van der Waals surface area (Å²) in [4.78, 5) is 14.3. The number of carbonyl (C=O) groups excluding carboxylic acids is 1. The van der Waals surface area contributed by atoms with Gasteiger partial charge in [0, 0.05) is 32.2 Å². The number of hydrogen-bond acceptors (Lipinski definition) is 3. The van der Waals surface area contributed by atoms with Gasteiger partial charge in [0.1, 0.15) is 0 Å². The van der Waals surface area contributed by atoms with Crippen LogP contribution in [0.3, 0.4) is 0 Å². The van der Waals surface area contributed by atoms with Gasteiger partial charge in [0.15, 0.2) is 0 Å². The third-order valence-electron chi connectivity index (χ3n) is 5.21. The van der Waals surface area contributed by atoms with Crippen LogP contribution in [0.2, 0.25) is 0 Å². The SMILES string of the molecule is Cl.N[C@@H]1CCC[C@H]1CC(=O)N1CCC(OCC2CC2)CC1. The summed E-state index contributed by atoms with van der Waals surface area (Å²) in [5.74, 6) is 1.57. The Morgan fingerprint density at radius 1 is 1.10 bits per heavy atom. The molecule has 3 fully saturated rings. The molecule has 1 aliphatic heterocycles. The molecule has 122 valence electrons. The highest BCUT2D eigenvalue weighted by Gasteiger charge is 2.30. The highest BCUT2D eigenvalue weighted by molar-refractivity contribution is 5.85. The fourth-order valence-electron chi connectivity index (χ4n) is 3.50. The zero-order chi connectivity index (χ0) is 13.9. The molecule has 2 atom stereocenters. The molecule has 5 heteroatoms. The van der Waals surface area contributed by atoms with Crippen molar-refractivity contribution in [1.82, 2.24) is 4.90 Å². The van der Waals surface area contributed by atoms with Crippen LogP contribution >= 0.6 is 12.4 Å². The summed E-state index contributed by atoms with van der Waals surface area (Å²) in [7, 11) is 0. The Morgan fingerprint density at radius 3 is 2.38 bits per heavy atom. The third kappa shape index (κ3) is 4.83. The lowest BCUT2D eigenvalue weighted by Crippen LogP contribution is -2.42. The van der Waals surface area contributed by atoms with Crippen molar-refractivity contribution in [3.8, 4) is 0 Å². The smallest absolute Gasteiger partial charge is 0.222 e. The quantitative estimate of drug-likeness (QED) is 0.847. The maximum Gasteiger partial charge on any atom is 0.222 e. The Labute approximate surface area is 134 Å². The van der Waals surface area contributed by atoms with Crippen LogP contribution in [0.5, 0.6) is 0 Å². The summed E-state index contributed by atoms with van der Waals surface area (Å²) in [6.07, 6.45) is 9.17. The molecule has 3 rings (SSSR count). The first-order valence-electron chi connectivity index (χ1n) is 8.37. The van der Waals surface area contributed by atoms with Crippen molar-refractivity contribution in [1.29, 1.82) is 0 Å². The number of ether oxygens (including phenoxy) is 1. The predicted molar refractivity (Wildman–Crippen MR) is 85.5 cm³/mol. The molecule has 0 aromatic carbocycles. The first-order valence-corrected chi connectivity index (χ1v) is 8.37. The second kappa shape index (κ2) is 7.80. The highest BCUT2D eigenvalue weighted by Crippen LogP contribution is 2.30. The van der Waals surface area contributed by atoms with Gasteiger partial charge in [-0.25, -0.2) is 0 Å². The van der Waals surface area contributed by atoms with Crippen LogP contribution in [0.15, 0.2) is 0 Å². The Morgan fingerprint density at radius 2 is 1.81 bits per heavy atom. The first kappa shape index (κ1) is 17.0. The molecule has 3 aliphatic rings. The van der Waals surface area contributed by atoms with Crippen molar-refractivity contribution >= 4 is 18.3 Å². The van der Waals surface area contributed by atoms with E-state index in [0.29, 0.717) is 24.3 Å². The molecule has 0 spiro atoms. The fourth-order valence-corrected chi connectivity index (χ4v) is 3.50. The summed E-state index contributed by atoms with van der Waals surface area (Å²) in [5.41, 5.74) is 6.06. The van der Waals surface area contributed by atoms with Crippen LogP contribution in [0.4, 0.5) is 0 Å². The summed E-state index contributed by atoms with van der Waals surface area (Å²) >= 11 is 0. The maximum absolute atomic E-state index is 12.3. The topological polar surface area (TPSA) is 55.6 Å². The number of nitrogens with zero attached hydrogens (tertiary/aromatic N) is 1. The monoisotopic (exact) mass is 316 g/mol. The molecule has 1 amide bonds. The van der Waals surface area contributed by atoms with Crippen LogP contribution in [0.25, 0.3) is 0 Å². The first-order chi connectivity index (χ1) is 9.72. The minimum absolute atomic E-state index is 0. The molecule has 0 unspecified atom stereocenters. The normalized spacial score (nSPS) is 30.2. The van der Waals surface area contributed by atoms with Crippen LogP contribution in [0, 0.1) is 11.8 Å². The summed E-state index contributed by atoms with van der Waals surface area (Å²) in [6.45, 7) is 2.68. The third-order valence-corrected chi connectivity index (χ3v) is 5.21. The molecule has 2 saturated carbocycles. The highest BCUT2D eigenvalue weighted by atomic mass is 35.5. The minimum Gasteiger partial charge on any atom is -0.378 e. The van der Waals surface area contributed by atoms with E-state index in [0.717, 1.165) is 51.3 Å². The summed E-state index contributed by atoms with van der Waals surface area (Å²) in [5, 5.41) is 0. The van der Waals surface area contributed by atoms with Gasteiger partial charge in [0.05, 0.1) is 6.10 Å². The van der Waals surface area contributed by atoms with Crippen molar-refractivity contribution < 1.29 is 9.53 Å². The van der Waals surface area contributed by atoms with E-state index < -0.39 is 0 Å². The van der Waals surface area contributed by atoms with E-state index in [-0.39, 0.29) is 18.4 Å². The van der Waals surface area contributed by atoms with Crippen molar-refractivity contribution in [3.63, 3.8) is 0 Å². The van der Waals surface area contributed by atoms with Gasteiger partial charge in [-0.2, -0.15) is 0 Å². The molecule has 1 heterocycles. The molecule has 0 bridgehead atoms. The molecule has 1 saturated heterocycles. The zero-order valence-corrected chi connectivity index (χ0v) is 13.7. The van der Waals surface area contributed by atoms with E-state index in [2.05, 4.69) is 0 Å². The molecular formula is C16H29ClN2O2. The lowest BCUT2D eigenvalue weighted by atomic mass is 9.98. The summed E-state index contributed by atoms with van der Waals surface area (Å²) < 4.78 is 5.93. The van der Waals surface area contributed by atoms with E-state index in [4.69, 9.17) is 10.5 Å². The number of hydrogen-bond donors (Lipinski definition) is 1. The van der Waals surface area contributed by atoms with Crippen molar-refractivity contribution in [2.45, 2.75) is 63.5 Å². The fraction of sp³-hybridized carbons (Fsp3) is 0.938. The number of piperidine rings is 1. The molecule has 2 aliphatic carbocycles. The average Bonchev–Trinajstić information content (AvgIpc) is 3.21. The standard InChI is InChI=1S/C16H28N2O2.ClH/c17-15-3-1-2-13(15)10-16(19)18-8-6-14(7-9-18)20-11-12-4-5-12;/h12-15H,1-11,17H2;1H/t13-,15+;/m0./s1. The van der Waals surface area contributed by atoms with Gasteiger partial charge in [0.25, 0.3) is 0 Å². The van der Waals surface area contributed by atoms with Crippen molar-refractivity contribution in [3.05, 3.63) is 0 Å². The van der Waals surface area contributed by atoms with Crippen LogP contribution in [-0.4, -0.2) is 42.6 Å².